The fourth-order valence-corrected chi connectivity index (χ4v) is 8.93. The van der Waals surface area contributed by atoms with E-state index in [1.54, 1.807) is 4.90 Å². The molecule has 1 heterocycles. The van der Waals surface area contributed by atoms with Crippen LogP contribution in [0.2, 0.25) is 0 Å². The predicted octanol–water partition coefficient (Wildman–Crippen LogP) is 6.35. The smallest absolute Gasteiger partial charge is 0.475 e. The molecule has 7 atom stereocenters. The fourth-order valence-electron chi connectivity index (χ4n) is 8.93. The summed E-state index contributed by atoms with van der Waals surface area (Å²) in [6, 6.07) is 0.517. The van der Waals surface area contributed by atoms with Gasteiger partial charge in [-0.2, -0.15) is 13.2 Å². The molecule has 1 amide bonds. The lowest BCUT2D eigenvalue weighted by Crippen LogP contribution is -2.51. The predicted molar refractivity (Wildman–Crippen MR) is 152 cm³/mol. The number of oxime groups is 1. The Kier molecular flexibility index (Phi) is 9.79. The van der Waals surface area contributed by atoms with Crippen molar-refractivity contribution in [2.24, 2.45) is 39.7 Å². The molecule has 0 radical (unpaired) electrons. The Morgan fingerprint density at radius 3 is 2.48 bits per heavy atom. The number of alkyl halides is 3. The zero-order chi connectivity index (χ0) is 30.9. The van der Waals surface area contributed by atoms with Crippen LogP contribution in [0.1, 0.15) is 91.4 Å². The van der Waals surface area contributed by atoms with Gasteiger partial charge in [-0.05, 0) is 112 Å². The van der Waals surface area contributed by atoms with Crippen LogP contribution in [-0.2, 0) is 14.4 Å². The lowest BCUT2D eigenvalue weighted by atomic mass is 9.46. The third-order valence-electron chi connectivity index (χ3n) is 11.3. The zero-order valence-electron chi connectivity index (χ0n) is 25.3. The first-order valence-electron chi connectivity index (χ1n) is 15.4. The van der Waals surface area contributed by atoms with E-state index in [4.69, 9.17) is 14.7 Å². The summed E-state index contributed by atoms with van der Waals surface area (Å²) in [5.41, 5.74) is 2.86. The van der Waals surface area contributed by atoms with Gasteiger partial charge in [-0.1, -0.05) is 24.6 Å². The molecule has 8 nitrogen and oxygen atoms in total. The molecule has 0 aromatic rings. The molecular weight excluding hydrogens is 551 g/mol. The summed E-state index contributed by atoms with van der Waals surface area (Å²) in [7, 11) is 1.81. The Morgan fingerprint density at radius 1 is 1.12 bits per heavy atom. The van der Waals surface area contributed by atoms with E-state index < -0.39 is 12.1 Å². The Bertz CT molecular complexity index is 1100. The molecule has 1 aliphatic heterocycles. The molecule has 4 aliphatic carbocycles. The van der Waals surface area contributed by atoms with Crippen LogP contribution < -0.4 is 5.32 Å². The molecule has 236 valence electrons. The van der Waals surface area contributed by atoms with E-state index in [0.29, 0.717) is 36.1 Å². The number of allylic oxidation sites excluding steroid dienone is 1. The number of amides is 1. The Balaban J connectivity index is 0.000000517. The van der Waals surface area contributed by atoms with Gasteiger partial charge in [0.05, 0.1) is 5.71 Å². The van der Waals surface area contributed by atoms with Crippen LogP contribution in [0.3, 0.4) is 0 Å². The number of halogens is 3. The summed E-state index contributed by atoms with van der Waals surface area (Å²) in [5, 5.41) is 15.0. The minimum atomic E-state index is -5.08. The van der Waals surface area contributed by atoms with E-state index in [2.05, 4.69) is 31.2 Å². The average molecular weight is 598 g/mol. The summed E-state index contributed by atoms with van der Waals surface area (Å²) in [5.74, 6) is 0.0918. The number of carbonyl (C=O) groups excluding carboxylic acids is 2. The van der Waals surface area contributed by atoms with Gasteiger partial charge < -0.3 is 15.3 Å². The van der Waals surface area contributed by atoms with Gasteiger partial charge in [-0.15, -0.1) is 0 Å². The number of fused-ring (bicyclic) bond motifs is 5. The molecule has 2 N–H and O–H groups in total. The summed E-state index contributed by atoms with van der Waals surface area (Å²) in [6.07, 6.45) is 8.83. The van der Waals surface area contributed by atoms with E-state index in [0.717, 1.165) is 50.3 Å². The SMILES string of the molecule is C/C(=N\OC(=O)N(C)CC[C@@H]1CCCN1)[C@H]1CC[C@H]2[C@@H]3CCC4=CC(=O)CC[C@]4(C)[C@H]3CC[C@]12C.O=C(O)C(F)(F)F. The highest BCUT2D eigenvalue weighted by atomic mass is 19.4. The molecule has 0 spiro atoms. The molecule has 0 unspecified atom stereocenters. The number of aliphatic carboxylic acids is 1. The van der Waals surface area contributed by atoms with Gasteiger partial charge in [0.15, 0.2) is 5.78 Å². The van der Waals surface area contributed by atoms with Crippen LogP contribution >= 0.6 is 0 Å². The third kappa shape index (κ3) is 6.70. The lowest BCUT2D eigenvalue weighted by molar-refractivity contribution is -0.192. The molecule has 4 fully saturated rings. The highest BCUT2D eigenvalue weighted by Gasteiger charge is 2.59. The number of rotatable bonds is 5. The number of carboxylic acid groups (broad SMARTS) is 1. The number of hydrogen-bond donors (Lipinski definition) is 2. The first-order valence-corrected chi connectivity index (χ1v) is 15.4. The molecule has 5 rings (SSSR count). The van der Waals surface area contributed by atoms with Crippen LogP contribution in [0.15, 0.2) is 16.8 Å². The van der Waals surface area contributed by atoms with Crippen molar-refractivity contribution in [3.8, 4) is 0 Å². The summed E-state index contributed by atoms with van der Waals surface area (Å²) in [4.78, 5) is 40.6. The van der Waals surface area contributed by atoms with Gasteiger partial charge in [0.25, 0.3) is 0 Å². The van der Waals surface area contributed by atoms with Crippen molar-refractivity contribution in [1.82, 2.24) is 10.2 Å². The van der Waals surface area contributed by atoms with Gasteiger partial charge in [0.1, 0.15) is 0 Å². The first kappa shape index (κ1) is 32.5. The second-order valence-electron chi connectivity index (χ2n) is 13.5. The van der Waals surface area contributed by atoms with Gasteiger partial charge in [-0.3, -0.25) is 9.63 Å². The first-order chi connectivity index (χ1) is 19.7. The van der Waals surface area contributed by atoms with Crippen molar-refractivity contribution in [2.45, 2.75) is 104 Å². The quantitative estimate of drug-likeness (QED) is 0.217. The molecule has 42 heavy (non-hydrogen) atoms. The second kappa shape index (κ2) is 12.7. The Hall–Kier alpha value is -2.43. The highest BCUT2D eigenvalue weighted by Crippen LogP contribution is 2.66. The second-order valence-corrected chi connectivity index (χ2v) is 13.5. The van der Waals surface area contributed by atoms with E-state index in [1.165, 1.54) is 44.1 Å². The van der Waals surface area contributed by atoms with Crippen LogP contribution in [0.25, 0.3) is 0 Å². The summed E-state index contributed by atoms with van der Waals surface area (Å²) in [6.45, 7) is 8.77. The summed E-state index contributed by atoms with van der Waals surface area (Å²) < 4.78 is 31.7. The van der Waals surface area contributed by atoms with Crippen molar-refractivity contribution in [2.75, 3.05) is 20.1 Å². The minimum absolute atomic E-state index is 0.216. The number of carboxylic acids is 1. The normalized spacial score (nSPS) is 36.1. The molecular formula is C31H46F3N3O5. The van der Waals surface area contributed by atoms with Crippen molar-refractivity contribution >= 4 is 23.6 Å². The molecule has 0 aromatic heterocycles. The molecule has 0 bridgehead atoms. The maximum Gasteiger partial charge on any atom is 0.490 e. The average Bonchev–Trinajstić information content (AvgIpc) is 3.58. The topological polar surface area (TPSA) is 108 Å². The van der Waals surface area contributed by atoms with Gasteiger partial charge in [-0.25, -0.2) is 9.59 Å². The fraction of sp³-hybridized carbons (Fsp3) is 0.806. The van der Waals surface area contributed by atoms with E-state index >= 15 is 0 Å². The molecule has 1 saturated heterocycles. The minimum Gasteiger partial charge on any atom is -0.475 e. The number of hydrogen-bond acceptors (Lipinski definition) is 6. The monoisotopic (exact) mass is 597 g/mol. The van der Waals surface area contributed by atoms with Gasteiger partial charge in [0.2, 0.25) is 0 Å². The Morgan fingerprint density at radius 2 is 1.83 bits per heavy atom. The molecule has 11 heteroatoms. The molecule has 0 aromatic carbocycles. The maximum atomic E-state index is 12.6. The van der Waals surface area contributed by atoms with Gasteiger partial charge >= 0.3 is 18.2 Å². The lowest BCUT2D eigenvalue weighted by Gasteiger charge is -2.58. The van der Waals surface area contributed by atoms with Crippen molar-refractivity contribution in [3.05, 3.63) is 11.6 Å². The molecule has 5 aliphatic rings. The molecule has 3 saturated carbocycles. The Labute approximate surface area is 246 Å². The van der Waals surface area contributed by atoms with E-state index in [-0.39, 0.29) is 16.9 Å². The van der Waals surface area contributed by atoms with Gasteiger partial charge in [0, 0.05) is 32.0 Å². The number of carbonyl (C=O) groups is 3. The number of ketones is 1. The largest absolute Gasteiger partial charge is 0.490 e. The zero-order valence-corrected chi connectivity index (χ0v) is 25.3. The standard InChI is InChI=1S/C29H45N3O3.C2HF3O2/c1-19(31-35-27(34)32(4)17-13-21-6-5-16-30-21)24-9-10-25-23-8-7-20-18-22(33)11-14-28(20,2)26(23)12-15-29(24,25)3;3-2(4,5)1(6)7/h18,21,23-26,30H,5-17H2,1-4H3;(H,6,7)/b31-19+;/t21-,23-,24+,25-,26-,28-,29+;/m0./s1. The van der Waals surface area contributed by atoms with E-state index in [1.807, 2.05) is 13.1 Å². The van der Waals surface area contributed by atoms with Crippen LogP contribution in [0.5, 0.6) is 0 Å². The van der Waals surface area contributed by atoms with Crippen LogP contribution in [-0.4, -0.2) is 65.9 Å². The summed E-state index contributed by atoms with van der Waals surface area (Å²) >= 11 is 0. The maximum absolute atomic E-state index is 12.6. The van der Waals surface area contributed by atoms with Crippen molar-refractivity contribution < 1.29 is 37.5 Å². The van der Waals surface area contributed by atoms with Crippen molar-refractivity contribution in [3.63, 3.8) is 0 Å². The van der Waals surface area contributed by atoms with E-state index in [9.17, 15) is 22.8 Å². The highest BCUT2D eigenvalue weighted by molar-refractivity contribution is 5.91. The number of nitrogens with zero attached hydrogens (tertiary/aromatic N) is 2. The third-order valence-corrected chi connectivity index (χ3v) is 11.3. The van der Waals surface area contributed by atoms with Crippen LogP contribution in [0.4, 0.5) is 18.0 Å². The van der Waals surface area contributed by atoms with Crippen molar-refractivity contribution in [1.29, 1.82) is 0 Å². The number of nitrogens with one attached hydrogen (secondary N) is 1. The van der Waals surface area contributed by atoms with Crippen LogP contribution in [0, 0.1) is 34.5 Å².